The number of piperidine rings is 1. The fourth-order valence-corrected chi connectivity index (χ4v) is 4.89. The third-order valence-corrected chi connectivity index (χ3v) is 5.88. The van der Waals surface area contributed by atoms with Gasteiger partial charge >= 0.3 is 9.28 Å². The second kappa shape index (κ2) is 7.38. The van der Waals surface area contributed by atoms with Crippen LogP contribution in [-0.2, 0) is 8.85 Å². The van der Waals surface area contributed by atoms with Crippen LogP contribution in [0.15, 0.2) is 0 Å². The molecule has 0 amide bonds. The molecule has 15 heavy (non-hydrogen) atoms. The summed E-state index contributed by atoms with van der Waals surface area (Å²) >= 11 is 0. The van der Waals surface area contributed by atoms with Crippen LogP contribution in [0.5, 0.6) is 0 Å². The number of nitrogens with one attached hydrogen (secondary N) is 1. The summed E-state index contributed by atoms with van der Waals surface area (Å²) in [5.41, 5.74) is 0.679. The lowest BCUT2D eigenvalue weighted by Gasteiger charge is -2.33. The lowest BCUT2D eigenvalue weighted by atomic mass is 9.93. The second-order valence-corrected chi connectivity index (χ2v) is 6.93. The minimum absolute atomic E-state index is 0.679. The van der Waals surface area contributed by atoms with E-state index in [2.05, 4.69) is 12.2 Å². The molecule has 0 saturated carbocycles. The number of hydrogen-bond donors (Lipinski definition) is 1. The summed E-state index contributed by atoms with van der Waals surface area (Å²) in [6, 6.07) is 0. The molecule has 0 aromatic heterocycles. The van der Waals surface area contributed by atoms with Gasteiger partial charge in [-0.3, -0.25) is 0 Å². The zero-order valence-electron chi connectivity index (χ0n) is 10.3. The molecule has 1 saturated heterocycles. The number of hydrogen-bond acceptors (Lipinski definition) is 3. The number of rotatable bonds is 6. The van der Waals surface area contributed by atoms with Gasteiger partial charge in [-0.05, 0) is 38.3 Å². The van der Waals surface area contributed by atoms with Crippen LogP contribution in [0, 0.1) is 5.92 Å². The molecule has 90 valence electrons. The van der Waals surface area contributed by atoms with E-state index in [0.29, 0.717) is 5.54 Å². The molecule has 0 bridgehead atoms. The van der Waals surface area contributed by atoms with Gasteiger partial charge in [0, 0.05) is 19.8 Å². The summed E-state index contributed by atoms with van der Waals surface area (Å²) in [5.74, 6) is 0.773. The Morgan fingerprint density at radius 3 is 2.60 bits per heavy atom. The van der Waals surface area contributed by atoms with Gasteiger partial charge in [0.1, 0.15) is 0 Å². The van der Waals surface area contributed by atoms with E-state index in [1.54, 1.807) is 14.2 Å². The monoisotopic (exact) mass is 231 g/mol. The van der Waals surface area contributed by atoms with Crippen molar-refractivity contribution in [3.05, 3.63) is 0 Å². The molecular formula is C11H25NO2Si. The maximum atomic E-state index is 5.56. The first-order valence-electron chi connectivity index (χ1n) is 6.09. The van der Waals surface area contributed by atoms with Crippen molar-refractivity contribution in [2.45, 2.75) is 38.1 Å². The molecule has 1 fully saturated rings. The van der Waals surface area contributed by atoms with E-state index in [-0.39, 0.29) is 0 Å². The molecular weight excluding hydrogens is 206 g/mol. The van der Waals surface area contributed by atoms with Gasteiger partial charge in [-0.15, -0.1) is 0 Å². The van der Waals surface area contributed by atoms with E-state index >= 15 is 0 Å². The Morgan fingerprint density at radius 2 is 2.13 bits per heavy atom. The Bertz CT molecular complexity index is 159. The second-order valence-electron chi connectivity index (χ2n) is 4.40. The smallest absolute Gasteiger partial charge is 0.324 e. The van der Waals surface area contributed by atoms with Crippen LogP contribution < -0.4 is 5.32 Å². The van der Waals surface area contributed by atoms with Gasteiger partial charge in [-0.25, -0.2) is 0 Å². The lowest BCUT2D eigenvalue weighted by molar-refractivity contribution is 0.231. The molecule has 1 N–H and O–H groups in total. The van der Waals surface area contributed by atoms with Crippen molar-refractivity contribution in [3.63, 3.8) is 0 Å². The maximum absolute atomic E-state index is 5.56. The van der Waals surface area contributed by atoms with Crippen LogP contribution in [0.3, 0.4) is 0 Å². The molecule has 1 aliphatic rings. The molecule has 2 atom stereocenters. The molecule has 0 aliphatic carbocycles. The van der Waals surface area contributed by atoms with Crippen LogP contribution in [0.4, 0.5) is 0 Å². The summed E-state index contributed by atoms with van der Waals surface area (Å²) < 4.78 is 11.1. The SMILES string of the molecule is CCCC(C1CCCNC1)[SiH](OC)OC. The molecule has 0 aromatic rings. The summed E-state index contributed by atoms with van der Waals surface area (Å²) in [4.78, 5) is 0. The van der Waals surface area contributed by atoms with Gasteiger partial charge < -0.3 is 14.2 Å². The Kier molecular flexibility index (Phi) is 6.48. The first-order valence-corrected chi connectivity index (χ1v) is 7.70. The summed E-state index contributed by atoms with van der Waals surface area (Å²) in [7, 11) is 2.17. The van der Waals surface area contributed by atoms with E-state index in [4.69, 9.17) is 8.85 Å². The lowest BCUT2D eigenvalue weighted by Crippen LogP contribution is -2.39. The highest BCUT2D eigenvalue weighted by Gasteiger charge is 2.32. The molecule has 0 aromatic carbocycles. The van der Waals surface area contributed by atoms with Crippen LogP contribution in [-0.4, -0.2) is 36.6 Å². The summed E-state index contributed by atoms with van der Waals surface area (Å²) in [5, 5.41) is 3.49. The third-order valence-electron chi connectivity index (χ3n) is 3.38. The predicted octanol–water partition coefficient (Wildman–Crippen LogP) is 1.67. The molecule has 0 spiro atoms. The van der Waals surface area contributed by atoms with Crippen LogP contribution >= 0.6 is 0 Å². The Balaban J connectivity index is 2.53. The molecule has 1 rings (SSSR count). The van der Waals surface area contributed by atoms with Gasteiger partial charge in [-0.2, -0.15) is 0 Å². The first-order chi connectivity index (χ1) is 7.33. The van der Waals surface area contributed by atoms with E-state index < -0.39 is 9.28 Å². The zero-order valence-corrected chi connectivity index (χ0v) is 11.4. The summed E-state index contributed by atoms with van der Waals surface area (Å²) in [6.07, 6.45) is 5.13. The van der Waals surface area contributed by atoms with Crippen molar-refractivity contribution in [2.24, 2.45) is 5.92 Å². The largest absolute Gasteiger partial charge is 0.400 e. The maximum Gasteiger partial charge on any atom is 0.324 e. The highest BCUT2D eigenvalue weighted by molar-refractivity contribution is 6.46. The normalized spacial score (nSPS) is 24.4. The first kappa shape index (κ1) is 13.2. The summed E-state index contributed by atoms with van der Waals surface area (Å²) in [6.45, 7) is 4.59. The van der Waals surface area contributed by atoms with Gasteiger partial charge in [0.2, 0.25) is 0 Å². The van der Waals surface area contributed by atoms with Crippen LogP contribution in [0.25, 0.3) is 0 Å². The Labute approximate surface area is 95.4 Å². The van der Waals surface area contributed by atoms with Crippen LogP contribution in [0.1, 0.15) is 32.6 Å². The molecule has 3 nitrogen and oxygen atoms in total. The van der Waals surface area contributed by atoms with Crippen molar-refractivity contribution in [2.75, 3.05) is 27.3 Å². The molecule has 1 aliphatic heterocycles. The van der Waals surface area contributed by atoms with Crippen LogP contribution in [0.2, 0.25) is 5.54 Å². The highest BCUT2D eigenvalue weighted by Crippen LogP contribution is 2.32. The van der Waals surface area contributed by atoms with E-state index in [1.165, 1.54) is 32.2 Å². The molecule has 0 radical (unpaired) electrons. The van der Waals surface area contributed by atoms with E-state index in [0.717, 1.165) is 12.5 Å². The average molecular weight is 231 g/mol. The van der Waals surface area contributed by atoms with Crippen molar-refractivity contribution >= 4 is 9.28 Å². The average Bonchev–Trinajstić information content (AvgIpc) is 2.30. The van der Waals surface area contributed by atoms with Gasteiger partial charge in [0.15, 0.2) is 0 Å². The van der Waals surface area contributed by atoms with Gasteiger partial charge in [-0.1, -0.05) is 13.3 Å². The molecule has 4 heteroatoms. The fraction of sp³-hybridized carbons (Fsp3) is 1.00. The molecule has 2 unspecified atom stereocenters. The topological polar surface area (TPSA) is 30.5 Å². The highest BCUT2D eigenvalue weighted by atomic mass is 28.3. The quantitative estimate of drug-likeness (QED) is 0.705. The van der Waals surface area contributed by atoms with Crippen molar-refractivity contribution in [3.8, 4) is 0 Å². The van der Waals surface area contributed by atoms with E-state index in [1.807, 2.05) is 0 Å². The van der Waals surface area contributed by atoms with Crippen molar-refractivity contribution in [1.82, 2.24) is 5.32 Å². The van der Waals surface area contributed by atoms with Crippen molar-refractivity contribution in [1.29, 1.82) is 0 Å². The third kappa shape index (κ3) is 3.87. The van der Waals surface area contributed by atoms with Gasteiger partial charge in [0.25, 0.3) is 0 Å². The predicted molar refractivity (Wildman–Crippen MR) is 65.4 cm³/mol. The Morgan fingerprint density at radius 1 is 1.40 bits per heavy atom. The minimum atomic E-state index is -1.44. The van der Waals surface area contributed by atoms with Crippen molar-refractivity contribution < 1.29 is 8.85 Å². The Hall–Kier alpha value is 0.0969. The fourth-order valence-electron chi connectivity index (χ4n) is 2.62. The van der Waals surface area contributed by atoms with Gasteiger partial charge in [0.05, 0.1) is 0 Å². The minimum Gasteiger partial charge on any atom is -0.400 e. The zero-order chi connectivity index (χ0) is 11.1. The standard InChI is InChI=1S/C11H25NO2Si/c1-4-6-11(15(13-2)14-3)10-7-5-8-12-9-10/h10-12,15H,4-9H2,1-3H3. The molecule has 1 heterocycles. The van der Waals surface area contributed by atoms with E-state index in [9.17, 15) is 0 Å².